The molecule has 238 valence electrons. The number of hydrogen-bond donors (Lipinski definition) is 2. The molecule has 2 heterocycles. The van der Waals surface area contributed by atoms with Crippen LogP contribution in [0.25, 0.3) is 0 Å². The van der Waals surface area contributed by atoms with Crippen molar-refractivity contribution in [1.82, 2.24) is 20.6 Å². The molecular formula is C33H38Cl2N6O4. The minimum absolute atomic E-state index is 0. The van der Waals surface area contributed by atoms with E-state index < -0.39 is 9.85 Å². The number of benzene rings is 2. The van der Waals surface area contributed by atoms with Crippen LogP contribution in [-0.4, -0.2) is 19.8 Å². The minimum Gasteiger partial charge on any atom is -0.379 e. The van der Waals surface area contributed by atoms with Gasteiger partial charge in [0, 0.05) is 37.8 Å². The van der Waals surface area contributed by atoms with Crippen LogP contribution in [0.2, 0.25) is 10.3 Å². The van der Waals surface area contributed by atoms with Gasteiger partial charge in [-0.1, -0.05) is 118 Å². The summed E-state index contributed by atoms with van der Waals surface area (Å²) in [4.78, 5) is 28.7. The molecule has 2 aromatic heterocycles. The molecule has 4 rings (SSSR count). The normalized spacial score (nSPS) is 11.4. The monoisotopic (exact) mass is 652 g/mol. The summed E-state index contributed by atoms with van der Waals surface area (Å²) >= 11 is 11.5. The summed E-state index contributed by atoms with van der Waals surface area (Å²) in [5.74, 6) is -0.182. The van der Waals surface area contributed by atoms with Gasteiger partial charge in [-0.15, -0.1) is 0 Å². The molecular weight excluding hydrogens is 615 g/mol. The number of nitro groups is 2. The molecule has 0 amide bonds. The number of pyridine rings is 2. The van der Waals surface area contributed by atoms with Crippen LogP contribution in [0.15, 0.2) is 121 Å². The second-order valence-electron chi connectivity index (χ2n) is 9.29. The van der Waals surface area contributed by atoms with E-state index in [1.54, 1.807) is 30.6 Å². The Morgan fingerprint density at radius 2 is 1.24 bits per heavy atom. The highest BCUT2D eigenvalue weighted by Gasteiger charge is 2.15. The molecule has 0 aliphatic rings. The summed E-state index contributed by atoms with van der Waals surface area (Å²) in [6, 6.07) is 26.4. The summed E-state index contributed by atoms with van der Waals surface area (Å²) in [5.41, 5.74) is 4.87. The Labute approximate surface area is 274 Å². The number of aromatic nitrogens is 2. The molecule has 0 aliphatic heterocycles. The summed E-state index contributed by atoms with van der Waals surface area (Å²) in [6.45, 7) is 2.94. The van der Waals surface area contributed by atoms with Gasteiger partial charge >= 0.3 is 0 Å². The topological polar surface area (TPSA) is 136 Å². The van der Waals surface area contributed by atoms with Gasteiger partial charge in [0.2, 0.25) is 0 Å². The number of rotatable bonds is 12. The van der Waals surface area contributed by atoms with Crippen LogP contribution in [0.1, 0.15) is 49.9 Å². The quantitative estimate of drug-likeness (QED) is 0.0887. The maximum absolute atomic E-state index is 10.9. The number of allylic oxidation sites excluding steroid dienone is 2. The van der Waals surface area contributed by atoms with E-state index in [0.29, 0.717) is 41.2 Å². The lowest BCUT2D eigenvalue weighted by Crippen LogP contribution is -2.19. The van der Waals surface area contributed by atoms with Crippen molar-refractivity contribution in [3.05, 3.63) is 174 Å². The summed E-state index contributed by atoms with van der Waals surface area (Å²) in [6.07, 6.45) is 5.63. The second kappa shape index (κ2) is 20.2. The van der Waals surface area contributed by atoms with Gasteiger partial charge in [-0.25, -0.2) is 9.97 Å². The van der Waals surface area contributed by atoms with Gasteiger partial charge in [0.05, 0.1) is 21.2 Å². The molecule has 0 bridgehead atoms. The SMILES string of the molecule is C.C.CC(/C(=C/[N+](=O)[O-])NCc1ccccc1)c1ccc(Cl)nc1.O=[N+]([O-])/C=C(/Cc1ccc(Cl)nc1)NCc1ccccc1. The summed E-state index contributed by atoms with van der Waals surface area (Å²) in [7, 11) is 0. The average molecular weight is 654 g/mol. The van der Waals surface area contributed by atoms with Crippen molar-refractivity contribution >= 4 is 23.2 Å². The fourth-order valence-corrected chi connectivity index (χ4v) is 4.09. The fraction of sp³-hybridized carbons (Fsp3) is 0.212. The van der Waals surface area contributed by atoms with E-state index in [1.807, 2.05) is 73.7 Å². The van der Waals surface area contributed by atoms with E-state index in [2.05, 4.69) is 20.6 Å². The highest BCUT2D eigenvalue weighted by atomic mass is 35.5. The highest BCUT2D eigenvalue weighted by molar-refractivity contribution is 6.29. The lowest BCUT2D eigenvalue weighted by atomic mass is 9.99. The number of hydrogen-bond acceptors (Lipinski definition) is 8. The van der Waals surface area contributed by atoms with Crippen LogP contribution < -0.4 is 10.6 Å². The van der Waals surface area contributed by atoms with Crippen LogP contribution in [0.3, 0.4) is 0 Å². The standard InChI is InChI=1S/C16H16ClN3O2.C15H14ClN3O2.2CH4/c1-12(14-7-8-16(17)19-10-14)15(11-20(21)22)18-9-13-5-3-2-4-6-13;16-15-7-6-13(10-18-15)8-14(11-19(20)21)17-9-12-4-2-1-3-5-12;;/h2-8,10-12,18H,9H2,1H3;1-7,10-11,17H,8-9H2;2*1H4/b15-11-;14-11-;;. The summed E-state index contributed by atoms with van der Waals surface area (Å²) in [5, 5.41) is 28.6. The minimum atomic E-state index is -0.462. The maximum atomic E-state index is 10.9. The Hall–Kier alpha value is -4.80. The van der Waals surface area contributed by atoms with E-state index in [0.717, 1.165) is 34.7 Å². The lowest BCUT2D eigenvalue weighted by molar-refractivity contribution is -0.404. The molecule has 4 aromatic rings. The van der Waals surface area contributed by atoms with Crippen molar-refractivity contribution in [3.8, 4) is 0 Å². The third-order valence-corrected chi connectivity index (χ3v) is 6.55. The molecule has 0 aliphatic carbocycles. The molecule has 2 N–H and O–H groups in total. The first kappa shape index (κ1) is 38.2. The Morgan fingerprint density at radius 3 is 1.71 bits per heavy atom. The third kappa shape index (κ3) is 14.5. The van der Waals surface area contributed by atoms with Crippen molar-refractivity contribution in [2.45, 2.75) is 47.2 Å². The van der Waals surface area contributed by atoms with Crippen molar-refractivity contribution in [1.29, 1.82) is 0 Å². The van der Waals surface area contributed by atoms with Crippen molar-refractivity contribution in [2.24, 2.45) is 0 Å². The van der Waals surface area contributed by atoms with Crippen molar-refractivity contribution in [3.63, 3.8) is 0 Å². The first-order valence-corrected chi connectivity index (χ1v) is 13.9. The van der Waals surface area contributed by atoms with Crippen molar-refractivity contribution < 1.29 is 9.85 Å². The molecule has 12 heteroatoms. The van der Waals surface area contributed by atoms with Crippen LogP contribution in [0, 0.1) is 20.2 Å². The van der Waals surface area contributed by atoms with E-state index in [9.17, 15) is 20.2 Å². The zero-order chi connectivity index (χ0) is 31.0. The Bertz CT molecular complexity index is 1520. The van der Waals surface area contributed by atoms with Crippen LogP contribution >= 0.6 is 23.2 Å². The molecule has 0 fully saturated rings. The highest BCUT2D eigenvalue weighted by Crippen LogP contribution is 2.23. The average Bonchev–Trinajstić information content (AvgIpc) is 3.00. The number of halogens is 2. The number of nitrogens with one attached hydrogen (secondary N) is 2. The van der Waals surface area contributed by atoms with Gasteiger partial charge in [0.15, 0.2) is 0 Å². The van der Waals surface area contributed by atoms with Gasteiger partial charge in [0.1, 0.15) is 10.3 Å². The van der Waals surface area contributed by atoms with Crippen LogP contribution in [0.4, 0.5) is 0 Å². The van der Waals surface area contributed by atoms with Gasteiger partial charge in [-0.2, -0.15) is 0 Å². The predicted octanol–water partition coefficient (Wildman–Crippen LogP) is 8.20. The second-order valence-corrected chi connectivity index (χ2v) is 10.1. The van der Waals surface area contributed by atoms with E-state index >= 15 is 0 Å². The van der Waals surface area contributed by atoms with E-state index in [-0.39, 0.29) is 20.8 Å². The lowest BCUT2D eigenvalue weighted by Gasteiger charge is -2.16. The third-order valence-electron chi connectivity index (χ3n) is 6.11. The molecule has 45 heavy (non-hydrogen) atoms. The largest absolute Gasteiger partial charge is 0.379 e. The molecule has 1 atom stereocenters. The molecule has 0 radical (unpaired) electrons. The zero-order valence-electron chi connectivity index (χ0n) is 23.3. The molecule has 2 aromatic carbocycles. The fourth-order valence-electron chi connectivity index (χ4n) is 3.87. The van der Waals surface area contributed by atoms with Gasteiger partial charge < -0.3 is 10.6 Å². The molecule has 0 saturated carbocycles. The van der Waals surface area contributed by atoms with Crippen LogP contribution in [0.5, 0.6) is 0 Å². The van der Waals surface area contributed by atoms with E-state index in [1.165, 1.54) is 0 Å². The first-order chi connectivity index (χ1) is 20.7. The smallest absolute Gasteiger partial charge is 0.253 e. The maximum Gasteiger partial charge on any atom is 0.253 e. The Kier molecular flexibility index (Phi) is 17.2. The van der Waals surface area contributed by atoms with Crippen LogP contribution in [-0.2, 0) is 19.5 Å². The Balaban J connectivity index is 0.000000431. The molecule has 0 saturated heterocycles. The first-order valence-electron chi connectivity index (χ1n) is 13.2. The Morgan fingerprint density at radius 1 is 0.733 bits per heavy atom. The molecule has 10 nitrogen and oxygen atoms in total. The number of nitrogens with zero attached hydrogens (tertiary/aromatic N) is 4. The molecule has 1 unspecified atom stereocenters. The van der Waals surface area contributed by atoms with Gasteiger partial charge in [-0.05, 0) is 34.4 Å². The predicted molar refractivity (Wildman–Crippen MR) is 181 cm³/mol. The zero-order valence-corrected chi connectivity index (χ0v) is 24.8. The van der Waals surface area contributed by atoms with Gasteiger partial charge in [0.25, 0.3) is 12.4 Å². The van der Waals surface area contributed by atoms with Gasteiger partial charge in [-0.3, -0.25) is 20.2 Å². The molecule has 0 spiro atoms. The van der Waals surface area contributed by atoms with Crippen molar-refractivity contribution in [2.75, 3.05) is 0 Å². The summed E-state index contributed by atoms with van der Waals surface area (Å²) < 4.78 is 0. The van der Waals surface area contributed by atoms with E-state index in [4.69, 9.17) is 23.2 Å².